The minimum absolute atomic E-state index is 0.185. The average molecular weight is 220 g/mol. The smallest absolute Gasteiger partial charge is 0.168 e. The van der Waals surface area contributed by atoms with Crippen LogP contribution < -0.4 is 4.74 Å². The van der Waals surface area contributed by atoms with Crippen LogP contribution >= 0.6 is 0 Å². The lowest BCUT2D eigenvalue weighted by Gasteiger charge is -2.27. The number of hydrogen-bond donors (Lipinski definition) is 0. The Morgan fingerprint density at radius 2 is 1.69 bits per heavy atom. The van der Waals surface area contributed by atoms with Crippen LogP contribution in [0, 0.1) is 11.3 Å². The number of carbonyl (C=O) groups is 1. The Morgan fingerprint density at radius 1 is 1.19 bits per heavy atom. The molecule has 0 aliphatic heterocycles. The van der Waals surface area contributed by atoms with Crippen LogP contribution in [0.4, 0.5) is 0 Å². The maximum atomic E-state index is 12.3. The van der Waals surface area contributed by atoms with E-state index in [9.17, 15) is 4.79 Å². The maximum absolute atomic E-state index is 12.3. The first-order valence-corrected chi connectivity index (χ1v) is 5.58. The molecule has 0 saturated carbocycles. The van der Waals surface area contributed by atoms with Gasteiger partial charge in [0.1, 0.15) is 5.75 Å². The molecule has 2 heteroatoms. The SMILES string of the molecule is COc1ccc(C(=O)C(C)(C)C(C)C)cc1. The Balaban J connectivity index is 2.97. The zero-order chi connectivity index (χ0) is 12.3. The molecular formula is C14H20O2. The van der Waals surface area contributed by atoms with Crippen molar-refractivity contribution in [2.75, 3.05) is 7.11 Å². The number of ether oxygens (including phenoxy) is 1. The first-order valence-electron chi connectivity index (χ1n) is 5.58. The molecule has 16 heavy (non-hydrogen) atoms. The maximum Gasteiger partial charge on any atom is 0.168 e. The second kappa shape index (κ2) is 4.69. The third-order valence-corrected chi connectivity index (χ3v) is 3.38. The fourth-order valence-corrected chi connectivity index (χ4v) is 1.38. The predicted octanol–water partition coefficient (Wildman–Crippen LogP) is 3.56. The average Bonchev–Trinajstić information content (AvgIpc) is 2.28. The zero-order valence-electron chi connectivity index (χ0n) is 10.7. The molecule has 0 heterocycles. The molecule has 0 unspecified atom stereocenters. The molecule has 0 N–H and O–H groups in total. The molecule has 88 valence electrons. The molecule has 0 radical (unpaired) electrons. The van der Waals surface area contributed by atoms with Crippen LogP contribution in [0.3, 0.4) is 0 Å². The van der Waals surface area contributed by atoms with Gasteiger partial charge in [-0.2, -0.15) is 0 Å². The molecule has 0 aliphatic rings. The molecule has 1 rings (SSSR count). The van der Waals surface area contributed by atoms with Crippen molar-refractivity contribution in [3.8, 4) is 5.75 Å². The lowest BCUT2D eigenvalue weighted by atomic mass is 9.75. The second-order valence-corrected chi connectivity index (χ2v) is 4.93. The summed E-state index contributed by atoms with van der Waals surface area (Å²) in [5.74, 6) is 1.28. The zero-order valence-corrected chi connectivity index (χ0v) is 10.7. The minimum atomic E-state index is -0.325. The van der Waals surface area contributed by atoms with E-state index in [-0.39, 0.29) is 11.2 Å². The first kappa shape index (κ1) is 12.8. The molecule has 2 nitrogen and oxygen atoms in total. The van der Waals surface area contributed by atoms with Crippen LogP contribution in [0.15, 0.2) is 24.3 Å². The summed E-state index contributed by atoms with van der Waals surface area (Å²) in [5.41, 5.74) is 0.425. The fourth-order valence-electron chi connectivity index (χ4n) is 1.38. The molecule has 0 bridgehead atoms. The van der Waals surface area contributed by atoms with Crippen LogP contribution in [0.25, 0.3) is 0 Å². The van der Waals surface area contributed by atoms with Gasteiger partial charge >= 0.3 is 0 Å². The van der Waals surface area contributed by atoms with Gasteiger partial charge in [0.05, 0.1) is 7.11 Å². The van der Waals surface area contributed by atoms with Crippen molar-refractivity contribution in [2.45, 2.75) is 27.7 Å². The van der Waals surface area contributed by atoms with Gasteiger partial charge < -0.3 is 4.74 Å². The highest BCUT2D eigenvalue weighted by molar-refractivity contribution is 6.00. The summed E-state index contributed by atoms with van der Waals surface area (Å²) in [6.45, 7) is 8.12. The van der Waals surface area contributed by atoms with Gasteiger partial charge in [0.2, 0.25) is 0 Å². The van der Waals surface area contributed by atoms with Gasteiger partial charge in [0.25, 0.3) is 0 Å². The summed E-state index contributed by atoms with van der Waals surface area (Å²) in [4.78, 5) is 12.3. The van der Waals surface area contributed by atoms with Crippen LogP contribution in [0.5, 0.6) is 5.75 Å². The predicted molar refractivity (Wildman–Crippen MR) is 65.9 cm³/mol. The molecule has 0 fully saturated rings. The quantitative estimate of drug-likeness (QED) is 0.725. The van der Waals surface area contributed by atoms with Crippen LogP contribution in [0.1, 0.15) is 38.1 Å². The molecule has 1 aromatic rings. The fraction of sp³-hybridized carbons (Fsp3) is 0.500. The Hall–Kier alpha value is -1.31. The number of hydrogen-bond acceptors (Lipinski definition) is 2. The van der Waals surface area contributed by atoms with Crippen molar-refractivity contribution in [1.82, 2.24) is 0 Å². The van der Waals surface area contributed by atoms with E-state index in [0.717, 1.165) is 11.3 Å². The van der Waals surface area contributed by atoms with E-state index in [1.54, 1.807) is 7.11 Å². The lowest BCUT2D eigenvalue weighted by molar-refractivity contribution is 0.0772. The molecule has 0 atom stereocenters. The Kier molecular flexibility index (Phi) is 3.74. The first-order chi connectivity index (χ1) is 7.39. The van der Waals surface area contributed by atoms with E-state index in [0.29, 0.717) is 5.92 Å². The van der Waals surface area contributed by atoms with Gasteiger partial charge in [-0.05, 0) is 30.2 Å². The van der Waals surface area contributed by atoms with Crippen molar-refractivity contribution in [1.29, 1.82) is 0 Å². The number of rotatable bonds is 4. The normalized spacial score (nSPS) is 11.6. The van der Waals surface area contributed by atoms with Gasteiger partial charge in [-0.3, -0.25) is 4.79 Å². The van der Waals surface area contributed by atoms with Gasteiger partial charge in [-0.15, -0.1) is 0 Å². The number of carbonyl (C=O) groups excluding carboxylic acids is 1. The number of ketones is 1. The van der Waals surface area contributed by atoms with Crippen molar-refractivity contribution in [3.05, 3.63) is 29.8 Å². The number of Topliss-reactive ketones (excluding diaryl/α,β-unsaturated/α-hetero) is 1. The van der Waals surface area contributed by atoms with E-state index in [1.165, 1.54) is 0 Å². The molecule has 0 amide bonds. The summed E-state index contributed by atoms with van der Waals surface area (Å²) in [5, 5.41) is 0. The van der Waals surface area contributed by atoms with E-state index >= 15 is 0 Å². The molecule has 0 saturated heterocycles. The van der Waals surface area contributed by atoms with E-state index in [4.69, 9.17) is 4.74 Å². The molecule has 0 aromatic heterocycles. The molecule has 0 spiro atoms. The largest absolute Gasteiger partial charge is 0.497 e. The third kappa shape index (κ3) is 2.43. The van der Waals surface area contributed by atoms with Gasteiger partial charge in [0.15, 0.2) is 5.78 Å². The van der Waals surface area contributed by atoms with E-state index in [2.05, 4.69) is 13.8 Å². The topological polar surface area (TPSA) is 26.3 Å². The Morgan fingerprint density at radius 3 is 2.06 bits per heavy atom. The second-order valence-electron chi connectivity index (χ2n) is 4.93. The lowest BCUT2D eigenvalue weighted by Crippen LogP contribution is -2.29. The summed E-state index contributed by atoms with van der Waals surface area (Å²) in [6, 6.07) is 7.30. The highest BCUT2D eigenvalue weighted by Crippen LogP contribution is 2.30. The Bertz CT molecular complexity index is 361. The van der Waals surface area contributed by atoms with Crippen molar-refractivity contribution in [3.63, 3.8) is 0 Å². The standard InChI is InChI=1S/C14H20O2/c1-10(2)14(3,4)13(15)11-6-8-12(16-5)9-7-11/h6-10H,1-5H3. The Labute approximate surface area is 97.6 Å². The molecular weight excluding hydrogens is 200 g/mol. The van der Waals surface area contributed by atoms with E-state index < -0.39 is 0 Å². The highest BCUT2D eigenvalue weighted by atomic mass is 16.5. The minimum Gasteiger partial charge on any atom is -0.497 e. The van der Waals surface area contributed by atoms with Gasteiger partial charge in [-0.1, -0.05) is 27.7 Å². The summed E-state index contributed by atoms with van der Waals surface area (Å²) in [6.07, 6.45) is 0. The van der Waals surface area contributed by atoms with Crippen LogP contribution in [0.2, 0.25) is 0 Å². The summed E-state index contributed by atoms with van der Waals surface area (Å²) in [7, 11) is 1.62. The van der Waals surface area contributed by atoms with Gasteiger partial charge in [0, 0.05) is 11.0 Å². The number of methoxy groups -OCH3 is 1. The van der Waals surface area contributed by atoms with E-state index in [1.807, 2.05) is 38.1 Å². The summed E-state index contributed by atoms with van der Waals surface area (Å²) >= 11 is 0. The number of benzene rings is 1. The van der Waals surface area contributed by atoms with Crippen LogP contribution in [-0.2, 0) is 0 Å². The highest BCUT2D eigenvalue weighted by Gasteiger charge is 2.31. The van der Waals surface area contributed by atoms with Crippen molar-refractivity contribution in [2.24, 2.45) is 11.3 Å². The van der Waals surface area contributed by atoms with Crippen molar-refractivity contribution >= 4 is 5.78 Å². The van der Waals surface area contributed by atoms with Crippen molar-refractivity contribution < 1.29 is 9.53 Å². The molecule has 0 aliphatic carbocycles. The monoisotopic (exact) mass is 220 g/mol. The third-order valence-electron chi connectivity index (χ3n) is 3.38. The van der Waals surface area contributed by atoms with Crippen LogP contribution in [-0.4, -0.2) is 12.9 Å². The van der Waals surface area contributed by atoms with Gasteiger partial charge in [-0.25, -0.2) is 0 Å². The molecule has 1 aromatic carbocycles. The summed E-state index contributed by atoms with van der Waals surface area (Å²) < 4.78 is 5.07.